The lowest BCUT2D eigenvalue weighted by atomic mass is 10.1. The van der Waals surface area contributed by atoms with Gasteiger partial charge in [-0.05, 0) is 44.2 Å². The Hall–Kier alpha value is -2.86. The fraction of sp³-hybridized carbons (Fsp3) is 0.263. The van der Waals surface area contributed by atoms with Crippen molar-refractivity contribution < 1.29 is 19.1 Å². The van der Waals surface area contributed by atoms with Crippen molar-refractivity contribution in [2.24, 2.45) is 0 Å². The van der Waals surface area contributed by atoms with E-state index in [0.717, 1.165) is 5.69 Å². The summed E-state index contributed by atoms with van der Waals surface area (Å²) in [4.78, 5) is 16.7. The third-order valence-electron chi connectivity index (χ3n) is 3.83. The highest BCUT2D eigenvalue weighted by Crippen LogP contribution is 2.29. The van der Waals surface area contributed by atoms with Crippen LogP contribution < -0.4 is 10.1 Å². The zero-order chi connectivity index (χ0) is 17.8. The third-order valence-corrected chi connectivity index (χ3v) is 3.83. The van der Waals surface area contributed by atoms with Gasteiger partial charge < -0.3 is 19.6 Å². The number of rotatable bonds is 6. The number of pyridine rings is 1. The van der Waals surface area contributed by atoms with Crippen molar-refractivity contribution in [3.05, 3.63) is 59.6 Å². The molecular weight excluding hydrogens is 320 g/mol. The van der Waals surface area contributed by atoms with E-state index in [1.54, 1.807) is 38.2 Å². The highest BCUT2D eigenvalue weighted by atomic mass is 16.5. The molecule has 2 aromatic heterocycles. The number of nitrogens with one attached hydrogen (secondary N) is 1. The molecule has 25 heavy (non-hydrogen) atoms. The van der Waals surface area contributed by atoms with Crippen LogP contribution in [-0.4, -0.2) is 28.6 Å². The van der Waals surface area contributed by atoms with Crippen LogP contribution in [0.15, 0.2) is 47.0 Å². The molecular formula is C19H20N2O4. The molecule has 1 atom stereocenters. The molecule has 0 bridgehead atoms. The number of carbonyl (C=O) groups is 1. The summed E-state index contributed by atoms with van der Waals surface area (Å²) in [5.74, 6) is 0.877. The van der Waals surface area contributed by atoms with Gasteiger partial charge in [0.2, 0.25) is 0 Å². The Morgan fingerprint density at radius 2 is 2.20 bits per heavy atom. The summed E-state index contributed by atoms with van der Waals surface area (Å²) in [6.07, 6.45) is 1.71. The number of aryl methyl sites for hydroxylation is 1. The van der Waals surface area contributed by atoms with Gasteiger partial charge in [-0.25, -0.2) is 0 Å². The average Bonchev–Trinajstić information content (AvgIpc) is 2.95. The number of aromatic nitrogens is 1. The number of hydrogen-bond acceptors (Lipinski definition) is 5. The molecule has 3 rings (SSSR count). The highest BCUT2D eigenvalue weighted by molar-refractivity contribution is 6.07. The maximum absolute atomic E-state index is 12.5. The van der Waals surface area contributed by atoms with Crippen LogP contribution in [0.3, 0.4) is 0 Å². The van der Waals surface area contributed by atoms with Crippen LogP contribution in [-0.2, 0) is 6.61 Å². The number of aliphatic hydroxyl groups is 1. The van der Waals surface area contributed by atoms with Crippen LogP contribution in [0.5, 0.6) is 5.75 Å². The van der Waals surface area contributed by atoms with Gasteiger partial charge >= 0.3 is 0 Å². The molecule has 0 aliphatic rings. The molecule has 0 fully saturated rings. The molecule has 130 valence electrons. The Balaban J connectivity index is 1.85. The summed E-state index contributed by atoms with van der Waals surface area (Å²) >= 11 is 0. The van der Waals surface area contributed by atoms with Crippen LogP contribution in [0, 0.1) is 6.92 Å². The van der Waals surface area contributed by atoms with Crippen molar-refractivity contribution in [3.8, 4) is 5.75 Å². The molecule has 0 aliphatic heterocycles. The third kappa shape index (κ3) is 3.80. The molecule has 6 nitrogen and oxygen atoms in total. The molecule has 1 amide bonds. The zero-order valence-electron chi connectivity index (χ0n) is 14.2. The minimum Gasteiger partial charge on any atom is -0.487 e. The van der Waals surface area contributed by atoms with Gasteiger partial charge in [-0.3, -0.25) is 9.78 Å². The van der Waals surface area contributed by atoms with Crippen LogP contribution in [0.4, 0.5) is 0 Å². The van der Waals surface area contributed by atoms with Crippen LogP contribution in [0.2, 0.25) is 0 Å². The number of furan rings is 1. The topological polar surface area (TPSA) is 84.6 Å². The van der Waals surface area contributed by atoms with E-state index in [-0.39, 0.29) is 18.6 Å². The molecule has 1 aromatic carbocycles. The molecule has 0 saturated carbocycles. The van der Waals surface area contributed by atoms with E-state index >= 15 is 0 Å². The number of fused-ring (bicyclic) bond motifs is 1. The Bertz CT molecular complexity index is 874. The largest absolute Gasteiger partial charge is 0.487 e. The number of carbonyl (C=O) groups excluding carboxylic acids is 1. The Morgan fingerprint density at radius 1 is 1.36 bits per heavy atom. The first kappa shape index (κ1) is 17.0. The normalized spacial score (nSPS) is 12.1. The van der Waals surface area contributed by atoms with Gasteiger partial charge in [0, 0.05) is 17.6 Å². The van der Waals surface area contributed by atoms with Gasteiger partial charge in [0.1, 0.15) is 23.7 Å². The van der Waals surface area contributed by atoms with Gasteiger partial charge in [-0.15, -0.1) is 0 Å². The molecule has 0 unspecified atom stereocenters. The van der Waals surface area contributed by atoms with Crippen molar-refractivity contribution in [2.45, 2.75) is 26.5 Å². The number of aliphatic hydroxyl groups excluding tert-OH is 1. The number of amides is 1. The van der Waals surface area contributed by atoms with Crippen LogP contribution in [0.25, 0.3) is 11.0 Å². The molecule has 2 N–H and O–H groups in total. The summed E-state index contributed by atoms with van der Waals surface area (Å²) < 4.78 is 11.4. The second-order valence-corrected chi connectivity index (χ2v) is 5.86. The zero-order valence-corrected chi connectivity index (χ0v) is 14.2. The second-order valence-electron chi connectivity index (χ2n) is 5.86. The molecule has 0 aliphatic carbocycles. The quantitative estimate of drug-likeness (QED) is 0.721. The average molecular weight is 340 g/mol. The molecule has 6 heteroatoms. The fourth-order valence-corrected chi connectivity index (χ4v) is 2.55. The van der Waals surface area contributed by atoms with Crippen molar-refractivity contribution in [3.63, 3.8) is 0 Å². The van der Waals surface area contributed by atoms with Gasteiger partial charge in [-0.1, -0.05) is 6.07 Å². The van der Waals surface area contributed by atoms with E-state index in [1.807, 2.05) is 18.2 Å². The first-order valence-corrected chi connectivity index (χ1v) is 8.06. The molecule has 0 spiro atoms. The van der Waals surface area contributed by atoms with Crippen LogP contribution in [0.1, 0.15) is 28.7 Å². The predicted octanol–water partition coefficient (Wildman–Crippen LogP) is 2.83. The Kier molecular flexibility index (Phi) is 5.00. The summed E-state index contributed by atoms with van der Waals surface area (Å²) in [6.45, 7) is 3.69. The SMILES string of the molecule is Cc1oc2ccc(OCc3ccccn3)cc2c1C(=O)N[C@H](C)CO. The molecule has 3 aromatic rings. The predicted molar refractivity (Wildman–Crippen MR) is 93.5 cm³/mol. The van der Waals surface area contributed by atoms with Crippen molar-refractivity contribution >= 4 is 16.9 Å². The Morgan fingerprint density at radius 3 is 2.92 bits per heavy atom. The van der Waals surface area contributed by atoms with Gasteiger partial charge in [-0.2, -0.15) is 0 Å². The lowest BCUT2D eigenvalue weighted by molar-refractivity contribution is 0.0922. The highest BCUT2D eigenvalue weighted by Gasteiger charge is 2.20. The number of hydrogen-bond donors (Lipinski definition) is 2. The first-order valence-electron chi connectivity index (χ1n) is 8.06. The van der Waals surface area contributed by atoms with Gasteiger partial charge in [0.15, 0.2) is 0 Å². The van der Waals surface area contributed by atoms with E-state index in [0.29, 0.717) is 34.6 Å². The fourth-order valence-electron chi connectivity index (χ4n) is 2.55. The van der Waals surface area contributed by atoms with E-state index in [2.05, 4.69) is 10.3 Å². The Labute approximate surface area is 145 Å². The van der Waals surface area contributed by atoms with E-state index in [1.165, 1.54) is 0 Å². The van der Waals surface area contributed by atoms with Gasteiger partial charge in [0.05, 0.1) is 17.9 Å². The van der Waals surface area contributed by atoms with Crippen LogP contribution >= 0.6 is 0 Å². The lowest BCUT2D eigenvalue weighted by Gasteiger charge is -2.10. The maximum Gasteiger partial charge on any atom is 0.255 e. The van der Waals surface area contributed by atoms with E-state index < -0.39 is 0 Å². The molecule has 2 heterocycles. The summed E-state index contributed by atoms with van der Waals surface area (Å²) in [5, 5.41) is 12.5. The standard InChI is InChI=1S/C19H20N2O4/c1-12(10-22)21-19(23)18-13(2)25-17-7-6-15(9-16(17)18)24-11-14-5-3-4-8-20-14/h3-9,12,22H,10-11H2,1-2H3,(H,21,23)/t12-/m1/s1. The smallest absolute Gasteiger partial charge is 0.255 e. The van der Waals surface area contributed by atoms with Crippen molar-refractivity contribution in [1.29, 1.82) is 0 Å². The second kappa shape index (κ2) is 7.36. The number of ether oxygens (including phenoxy) is 1. The summed E-state index contributed by atoms with van der Waals surface area (Å²) in [5.41, 5.74) is 1.89. The molecule has 0 radical (unpaired) electrons. The first-order chi connectivity index (χ1) is 12.1. The maximum atomic E-state index is 12.5. The monoisotopic (exact) mass is 340 g/mol. The summed E-state index contributed by atoms with van der Waals surface area (Å²) in [7, 11) is 0. The lowest BCUT2D eigenvalue weighted by Crippen LogP contribution is -2.35. The van der Waals surface area contributed by atoms with Crippen molar-refractivity contribution in [2.75, 3.05) is 6.61 Å². The summed E-state index contributed by atoms with van der Waals surface area (Å²) in [6, 6.07) is 10.7. The van der Waals surface area contributed by atoms with E-state index in [9.17, 15) is 4.79 Å². The van der Waals surface area contributed by atoms with Crippen molar-refractivity contribution in [1.82, 2.24) is 10.3 Å². The van der Waals surface area contributed by atoms with Gasteiger partial charge in [0.25, 0.3) is 5.91 Å². The minimum atomic E-state index is -0.333. The molecule has 0 saturated heterocycles. The van der Waals surface area contributed by atoms with E-state index in [4.69, 9.17) is 14.3 Å². The minimum absolute atomic E-state index is 0.126. The number of nitrogens with zero attached hydrogens (tertiary/aromatic N) is 1. The number of benzene rings is 1.